The molecule has 0 amide bonds. The minimum Gasteiger partial charge on any atom is -0.497 e. The molecule has 0 aliphatic carbocycles. The van der Waals surface area contributed by atoms with E-state index in [1.165, 1.54) is 5.56 Å². The van der Waals surface area contributed by atoms with Gasteiger partial charge in [0, 0.05) is 25.9 Å². The zero-order valence-corrected chi connectivity index (χ0v) is 20.2. The number of ether oxygens (including phenoxy) is 5. The molecule has 0 unspecified atom stereocenters. The van der Waals surface area contributed by atoms with Gasteiger partial charge >= 0.3 is 0 Å². The summed E-state index contributed by atoms with van der Waals surface area (Å²) in [5, 5.41) is 0. The highest BCUT2D eigenvalue weighted by molar-refractivity contribution is 5.82. The van der Waals surface area contributed by atoms with E-state index in [0.717, 1.165) is 30.6 Å². The van der Waals surface area contributed by atoms with E-state index >= 15 is 0 Å². The average Bonchev–Trinajstić information content (AvgIpc) is 2.83. The molecule has 3 aliphatic heterocycles. The molecule has 5 atom stereocenters. The highest BCUT2D eigenvalue weighted by Crippen LogP contribution is 2.36. The fourth-order valence-corrected chi connectivity index (χ4v) is 4.58. The second-order valence-corrected chi connectivity index (χ2v) is 9.05. The van der Waals surface area contributed by atoms with Crippen molar-refractivity contribution in [2.45, 2.75) is 82.8 Å². The van der Waals surface area contributed by atoms with E-state index in [2.05, 4.69) is 12.1 Å². The Morgan fingerprint density at radius 1 is 0.941 bits per heavy atom. The molecule has 0 saturated carbocycles. The molecular formula is C28H36O6. The summed E-state index contributed by atoms with van der Waals surface area (Å²) < 4.78 is 29.8. The number of fused-ring (bicyclic) bond motifs is 4. The lowest BCUT2D eigenvalue weighted by molar-refractivity contribution is -0.257. The van der Waals surface area contributed by atoms with Crippen molar-refractivity contribution >= 4 is 5.78 Å². The van der Waals surface area contributed by atoms with Crippen LogP contribution in [0.3, 0.4) is 0 Å². The largest absolute Gasteiger partial charge is 0.497 e. The number of hydrogen-bond acceptors (Lipinski definition) is 6. The van der Waals surface area contributed by atoms with Gasteiger partial charge in [-0.05, 0) is 36.1 Å². The molecule has 0 aromatic heterocycles. The van der Waals surface area contributed by atoms with Crippen molar-refractivity contribution in [3.63, 3.8) is 0 Å². The van der Waals surface area contributed by atoms with Crippen molar-refractivity contribution in [3.8, 4) is 5.75 Å². The molecule has 3 fully saturated rings. The van der Waals surface area contributed by atoms with E-state index in [-0.39, 0.29) is 30.2 Å². The number of benzene rings is 2. The Morgan fingerprint density at radius 3 is 2.38 bits per heavy atom. The van der Waals surface area contributed by atoms with Gasteiger partial charge in [0.25, 0.3) is 0 Å². The summed E-state index contributed by atoms with van der Waals surface area (Å²) in [7, 11) is 1.65. The van der Waals surface area contributed by atoms with Gasteiger partial charge in [-0.15, -0.1) is 0 Å². The molecule has 6 heteroatoms. The van der Waals surface area contributed by atoms with E-state index in [1.54, 1.807) is 7.11 Å². The smallest absolute Gasteiger partial charge is 0.161 e. The van der Waals surface area contributed by atoms with Crippen LogP contribution in [-0.2, 0) is 37.0 Å². The molecule has 34 heavy (non-hydrogen) atoms. The molecular weight excluding hydrogens is 432 g/mol. The van der Waals surface area contributed by atoms with E-state index in [9.17, 15) is 4.79 Å². The molecule has 6 nitrogen and oxygen atoms in total. The van der Waals surface area contributed by atoms with Crippen molar-refractivity contribution in [2.75, 3.05) is 13.7 Å². The molecule has 2 aromatic carbocycles. The molecule has 3 aliphatic rings. The predicted octanol–water partition coefficient (Wildman–Crippen LogP) is 4.87. The molecule has 3 heterocycles. The predicted molar refractivity (Wildman–Crippen MR) is 129 cm³/mol. The van der Waals surface area contributed by atoms with Crippen molar-refractivity contribution in [3.05, 3.63) is 65.7 Å². The Bertz CT molecular complexity index is 878. The van der Waals surface area contributed by atoms with Gasteiger partial charge in [0.05, 0.1) is 44.7 Å². The van der Waals surface area contributed by atoms with Gasteiger partial charge in [0.2, 0.25) is 0 Å². The van der Waals surface area contributed by atoms with E-state index in [4.69, 9.17) is 23.7 Å². The lowest BCUT2D eigenvalue weighted by atomic mass is 9.88. The summed E-state index contributed by atoms with van der Waals surface area (Å²) in [6.45, 7) is 3.62. The first-order chi connectivity index (χ1) is 16.7. The van der Waals surface area contributed by atoms with Crippen LogP contribution in [0.1, 0.15) is 50.2 Å². The summed E-state index contributed by atoms with van der Waals surface area (Å²) in [4.78, 5) is 12.7. The monoisotopic (exact) mass is 468 g/mol. The summed E-state index contributed by atoms with van der Waals surface area (Å²) >= 11 is 0. The summed E-state index contributed by atoms with van der Waals surface area (Å²) in [5.41, 5.74) is 2.23. The standard InChI is InChI=1S/C28H36O6/c1-3-23(29)25-16-26(32-19-21-11-13-22(30-2)14-12-21)28-17-27(34-28)24(33-25)10-7-15-31-18-20-8-5-4-6-9-20/h4-6,8-9,11-14,24-28H,3,7,10,15-19H2,1-2H3/t24-,25+,26-,27-,28+/m0/s1. The molecule has 0 spiro atoms. The number of carbonyl (C=O) groups excluding carboxylic acids is 1. The summed E-state index contributed by atoms with van der Waals surface area (Å²) in [6, 6.07) is 18.0. The third kappa shape index (κ3) is 6.66. The highest BCUT2D eigenvalue weighted by atomic mass is 16.6. The van der Waals surface area contributed by atoms with Gasteiger partial charge in [0.1, 0.15) is 11.9 Å². The quantitative estimate of drug-likeness (QED) is 0.414. The SMILES string of the molecule is CCC(=O)[C@H]1C[C@H](OCc2ccc(OC)cc2)[C@H]2C[C@H](O2)[C@H](CCCOCc2ccccc2)O1. The van der Waals surface area contributed by atoms with Crippen molar-refractivity contribution in [2.24, 2.45) is 0 Å². The van der Waals surface area contributed by atoms with Crippen LogP contribution in [0, 0.1) is 0 Å². The Kier molecular flexibility index (Phi) is 9.11. The number of hydrogen-bond donors (Lipinski definition) is 0. The minimum absolute atomic E-state index is 0.0103. The molecule has 5 rings (SSSR count). The Labute approximate surface area is 202 Å². The first-order valence-corrected chi connectivity index (χ1v) is 12.4. The van der Waals surface area contributed by atoms with Crippen LogP contribution >= 0.6 is 0 Å². The normalized spacial score (nSPS) is 26.2. The van der Waals surface area contributed by atoms with Crippen molar-refractivity contribution in [1.29, 1.82) is 0 Å². The highest BCUT2D eigenvalue weighted by Gasteiger charge is 2.46. The second-order valence-electron chi connectivity index (χ2n) is 9.05. The number of Topliss-reactive ketones (excluding diaryl/α,β-unsaturated/α-hetero) is 1. The maximum Gasteiger partial charge on any atom is 0.161 e. The van der Waals surface area contributed by atoms with Gasteiger partial charge in [-0.2, -0.15) is 0 Å². The maximum absolute atomic E-state index is 12.7. The fourth-order valence-electron chi connectivity index (χ4n) is 4.58. The Morgan fingerprint density at radius 2 is 1.68 bits per heavy atom. The molecule has 0 radical (unpaired) electrons. The average molecular weight is 469 g/mol. The summed E-state index contributed by atoms with van der Waals surface area (Å²) in [6.07, 6.45) is 2.90. The van der Waals surface area contributed by atoms with Gasteiger partial charge in [-0.1, -0.05) is 49.4 Å². The van der Waals surface area contributed by atoms with E-state index in [1.807, 2.05) is 49.4 Å². The lowest BCUT2D eigenvalue weighted by Crippen LogP contribution is -2.57. The molecule has 184 valence electrons. The van der Waals surface area contributed by atoms with Gasteiger partial charge < -0.3 is 23.7 Å². The van der Waals surface area contributed by atoms with Crippen LogP contribution in [0.25, 0.3) is 0 Å². The summed E-state index contributed by atoms with van der Waals surface area (Å²) in [5.74, 6) is 0.947. The molecule has 0 N–H and O–H groups in total. The molecule has 2 aromatic rings. The molecule has 3 saturated heterocycles. The van der Waals surface area contributed by atoms with E-state index in [0.29, 0.717) is 32.7 Å². The number of carbonyl (C=O) groups is 1. The van der Waals surface area contributed by atoms with Gasteiger partial charge in [0.15, 0.2) is 5.78 Å². The van der Waals surface area contributed by atoms with Gasteiger partial charge in [-0.25, -0.2) is 0 Å². The second kappa shape index (κ2) is 12.5. The van der Waals surface area contributed by atoms with Crippen LogP contribution in [0.2, 0.25) is 0 Å². The zero-order chi connectivity index (χ0) is 23.8. The third-order valence-corrected chi connectivity index (χ3v) is 6.65. The Hall–Kier alpha value is -2.25. The molecule has 2 bridgehead atoms. The number of ketones is 1. The number of rotatable bonds is 12. The lowest BCUT2D eigenvalue weighted by Gasteiger charge is -2.48. The topological polar surface area (TPSA) is 63.2 Å². The van der Waals surface area contributed by atoms with Crippen LogP contribution in [0.15, 0.2) is 54.6 Å². The maximum atomic E-state index is 12.7. The van der Waals surface area contributed by atoms with Crippen molar-refractivity contribution in [1.82, 2.24) is 0 Å². The minimum atomic E-state index is -0.449. The van der Waals surface area contributed by atoms with Crippen LogP contribution in [0.5, 0.6) is 5.75 Å². The Balaban J connectivity index is 1.27. The van der Waals surface area contributed by atoms with Crippen molar-refractivity contribution < 1.29 is 28.5 Å². The van der Waals surface area contributed by atoms with E-state index < -0.39 is 6.10 Å². The van der Waals surface area contributed by atoms with Gasteiger partial charge in [-0.3, -0.25) is 4.79 Å². The third-order valence-electron chi connectivity index (χ3n) is 6.65. The van der Waals surface area contributed by atoms with Crippen LogP contribution in [0.4, 0.5) is 0 Å². The zero-order valence-electron chi connectivity index (χ0n) is 20.2. The first kappa shape index (κ1) is 24.9. The fraction of sp³-hybridized carbons (Fsp3) is 0.536. The van der Waals surface area contributed by atoms with Crippen LogP contribution < -0.4 is 4.74 Å². The van der Waals surface area contributed by atoms with Crippen LogP contribution in [-0.4, -0.2) is 50.0 Å². The number of methoxy groups -OCH3 is 1. The first-order valence-electron chi connectivity index (χ1n) is 12.4.